The minimum atomic E-state index is -0.0233. The van der Waals surface area contributed by atoms with Gasteiger partial charge in [-0.15, -0.1) is 0 Å². The monoisotopic (exact) mass is 408 g/mol. The fourth-order valence-corrected chi connectivity index (χ4v) is 4.07. The van der Waals surface area contributed by atoms with Crippen LogP contribution in [0.1, 0.15) is 22.8 Å². The molecule has 4 rings (SSSR count). The summed E-state index contributed by atoms with van der Waals surface area (Å²) in [5, 5.41) is 3.09. The highest BCUT2D eigenvalue weighted by Gasteiger charge is 2.25. The second kappa shape index (κ2) is 9.49. The molecule has 2 aliphatic rings. The number of carbonyl (C=O) groups excluding carboxylic acids is 1. The zero-order valence-electron chi connectivity index (χ0n) is 18.0. The molecule has 0 radical (unpaired) electrons. The normalized spacial score (nSPS) is 19.8. The Balaban J connectivity index is 1.40. The summed E-state index contributed by atoms with van der Waals surface area (Å²) < 4.78 is 5.92. The second-order valence-electron chi connectivity index (χ2n) is 8.36. The summed E-state index contributed by atoms with van der Waals surface area (Å²) in [5.74, 6) is 0.822. The van der Waals surface area contributed by atoms with Gasteiger partial charge < -0.3 is 19.9 Å². The smallest absolute Gasteiger partial charge is 0.251 e. The maximum absolute atomic E-state index is 12.8. The minimum absolute atomic E-state index is 0.0233. The Morgan fingerprint density at radius 3 is 2.63 bits per heavy atom. The van der Waals surface area contributed by atoms with Crippen LogP contribution in [0, 0.1) is 0 Å². The van der Waals surface area contributed by atoms with Crippen LogP contribution in [0.3, 0.4) is 0 Å². The number of carbonyl (C=O) groups is 1. The first-order valence-corrected chi connectivity index (χ1v) is 10.9. The Kier molecular flexibility index (Phi) is 6.55. The van der Waals surface area contributed by atoms with Gasteiger partial charge in [-0.3, -0.25) is 9.69 Å². The molecule has 0 bridgehead atoms. The first-order chi connectivity index (χ1) is 14.6. The van der Waals surface area contributed by atoms with Crippen LogP contribution in [0.2, 0.25) is 0 Å². The van der Waals surface area contributed by atoms with Crippen LogP contribution >= 0.6 is 0 Å². The average molecular weight is 409 g/mol. The summed E-state index contributed by atoms with van der Waals surface area (Å²) in [7, 11) is 2.15. The van der Waals surface area contributed by atoms with E-state index in [4.69, 9.17) is 4.74 Å². The maximum Gasteiger partial charge on any atom is 0.251 e. The zero-order valence-corrected chi connectivity index (χ0v) is 18.0. The summed E-state index contributed by atoms with van der Waals surface area (Å²) in [5.41, 5.74) is 2.92. The van der Waals surface area contributed by atoms with Crippen LogP contribution in [-0.4, -0.2) is 74.7 Å². The standard InChI is InChI=1S/C24H32N4O2/c1-19-18-30-23-9-8-21(16-22(23)28(19)17-20-6-4-3-5-7-20)24(29)25-10-11-27-14-12-26(2)13-15-27/h3-9,16,19H,10-15,17-18H2,1-2H3,(H,25,29). The first kappa shape index (κ1) is 20.7. The fourth-order valence-electron chi connectivity index (χ4n) is 4.07. The lowest BCUT2D eigenvalue weighted by atomic mass is 10.1. The molecule has 0 aliphatic carbocycles. The molecule has 2 heterocycles. The second-order valence-corrected chi connectivity index (χ2v) is 8.36. The van der Waals surface area contributed by atoms with Crippen molar-refractivity contribution in [3.8, 4) is 5.75 Å². The molecule has 1 unspecified atom stereocenters. The van der Waals surface area contributed by atoms with E-state index >= 15 is 0 Å². The molecule has 0 spiro atoms. The van der Waals surface area contributed by atoms with Crippen molar-refractivity contribution in [2.24, 2.45) is 0 Å². The molecule has 2 aromatic rings. The van der Waals surface area contributed by atoms with Crippen molar-refractivity contribution in [1.82, 2.24) is 15.1 Å². The lowest BCUT2D eigenvalue weighted by molar-refractivity contribution is 0.0941. The lowest BCUT2D eigenvalue weighted by Gasteiger charge is -2.37. The van der Waals surface area contributed by atoms with Gasteiger partial charge in [0.05, 0.1) is 11.7 Å². The molecule has 6 heteroatoms. The number of hydrogen-bond acceptors (Lipinski definition) is 5. The van der Waals surface area contributed by atoms with Gasteiger partial charge in [0.2, 0.25) is 0 Å². The molecule has 1 N–H and O–H groups in total. The van der Waals surface area contributed by atoms with Crippen LogP contribution in [0.25, 0.3) is 0 Å². The highest BCUT2D eigenvalue weighted by Crippen LogP contribution is 2.35. The number of anilines is 1. The molecule has 30 heavy (non-hydrogen) atoms. The van der Waals surface area contributed by atoms with E-state index in [0.717, 1.165) is 50.7 Å². The van der Waals surface area contributed by atoms with Gasteiger partial charge in [0.25, 0.3) is 5.91 Å². The third-order valence-electron chi connectivity index (χ3n) is 6.05. The first-order valence-electron chi connectivity index (χ1n) is 10.9. The van der Waals surface area contributed by atoms with E-state index in [9.17, 15) is 4.79 Å². The Hall–Kier alpha value is -2.57. The molecular weight excluding hydrogens is 376 g/mol. The van der Waals surface area contributed by atoms with E-state index in [1.165, 1.54) is 5.56 Å². The van der Waals surface area contributed by atoms with Gasteiger partial charge in [0, 0.05) is 51.4 Å². The third kappa shape index (κ3) is 4.94. The molecule has 1 amide bonds. The Labute approximate surface area is 179 Å². The molecule has 6 nitrogen and oxygen atoms in total. The number of amides is 1. The van der Waals surface area contributed by atoms with Crippen LogP contribution in [0.5, 0.6) is 5.75 Å². The molecule has 1 saturated heterocycles. The van der Waals surface area contributed by atoms with Crippen LogP contribution < -0.4 is 15.0 Å². The van der Waals surface area contributed by atoms with E-state index in [1.807, 2.05) is 24.3 Å². The predicted molar refractivity (Wildman–Crippen MR) is 120 cm³/mol. The van der Waals surface area contributed by atoms with E-state index in [0.29, 0.717) is 18.7 Å². The van der Waals surface area contributed by atoms with Gasteiger partial charge in [-0.25, -0.2) is 0 Å². The molecule has 2 aromatic carbocycles. The van der Waals surface area contributed by atoms with Gasteiger partial charge >= 0.3 is 0 Å². The molecule has 160 valence electrons. The zero-order chi connectivity index (χ0) is 20.9. The molecule has 1 fully saturated rings. The number of ether oxygens (including phenoxy) is 1. The number of benzene rings is 2. The quantitative estimate of drug-likeness (QED) is 0.796. The van der Waals surface area contributed by atoms with Crippen LogP contribution in [0.4, 0.5) is 5.69 Å². The van der Waals surface area contributed by atoms with Crippen molar-refractivity contribution in [3.05, 3.63) is 59.7 Å². The molecule has 0 saturated carbocycles. The summed E-state index contributed by atoms with van der Waals surface area (Å²) in [4.78, 5) is 19.8. The van der Waals surface area contributed by atoms with Gasteiger partial charge in [-0.2, -0.15) is 0 Å². The Bertz CT molecular complexity index is 850. The Morgan fingerprint density at radius 1 is 1.10 bits per heavy atom. The van der Waals surface area contributed by atoms with Gasteiger partial charge in [0.15, 0.2) is 0 Å². The lowest BCUT2D eigenvalue weighted by Crippen LogP contribution is -2.46. The van der Waals surface area contributed by atoms with Gasteiger partial charge in [0.1, 0.15) is 12.4 Å². The topological polar surface area (TPSA) is 48.1 Å². The van der Waals surface area contributed by atoms with Crippen molar-refractivity contribution < 1.29 is 9.53 Å². The number of rotatable bonds is 6. The highest BCUT2D eigenvalue weighted by molar-refractivity contribution is 5.95. The van der Waals surface area contributed by atoms with E-state index in [-0.39, 0.29) is 11.9 Å². The van der Waals surface area contributed by atoms with Crippen molar-refractivity contribution in [1.29, 1.82) is 0 Å². The highest BCUT2D eigenvalue weighted by atomic mass is 16.5. The van der Waals surface area contributed by atoms with E-state index < -0.39 is 0 Å². The average Bonchev–Trinajstić information content (AvgIpc) is 2.77. The number of piperazine rings is 1. The van der Waals surface area contributed by atoms with Crippen LogP contribution in [0.15, 0.2) is 48.5 Å². The molecular formula is C24H32N4O2. The van der Waals surface area contributed by atoms with Gasteiger partial charge in [-0.1, -0.05) is 30.3 Å². The number of likely N-dealkylation sites (N-methyl/N-ethyl adjacent to an activating group) is 1. The van der Waals surface area contributed by atoms with Gasteiger partial charge in [-0.05, 0) is 37.7 Å². The molecule has 0 aromatic heterocycles. The summed E-state index contributed by atoms with van der Waals surface area (Å²) in [6.07, 6.45) is 0. The fraction of sp³-hybridized carbons (Fsp3) is 0.458. The van der Waals surface area contributed by atoms with Crippen molar-refractivity contribution in [3.63, 3.8) is 0 Å². The molecule has 1 atom stereocenters. The maximum atomic E-state index is 12.8. The number of fused-ring (bicyclic) bond motifs is 1. The minimum Gasteiger partial charge on any atom is -0.489 e. The summed E-state index contributed by atoms with van der Waals surface area (Å²) in [6, 6.07) is 16.4. The van der Waals surface area contributed by atoms with E-state index in [1.54, 1.807) is 0 Å². The SMILES string of the molecule is CC1COc2ccc(C(=O)NCCN3CCN(C)CC3)cc2N1Cc1ccccc1. The largest absolute Gasteiger partial charge is 0.489 e. The van der Waals surface area contributed by atoms with Crippen molar-refractivity contribution in [2.45, 2.75) is 19.5 Å². The number of nitrogens with zero attached hydrogens (tertiary/aromatic N) is 3. The van der Waals surface area contributed by atoms with Crippen LogP contribution in [-0.2, 0) is 6.54 Å². The number of nitrogens with one attached hydrogen (secondary N) is 1. The number of hydrogen-bond donors (Lipinski definition) is 1. The summed E-state index contributed by atoms with van der Waals surface area (Å²) in [6.45, 7) is 9.48. The third-order valence-corrected chi connectivity index (χ3v) is 6.05. The van der Waals surface area contributed by atoms with Crippen molar-refractivity contribution >= 4 is 11.6 Å². The predicted octanol–water partition coefficient (Wildman–Crippen LogP) is 2.45. The summed E-state index contributed by atoms with van der Waals surface area (Å²) >= 11 is 0. The molecule has 2 aliphatic heterocycles. The van der Waals surface area contributed by atoms with E-state index in [2.05, 4.69) is 58.3 Å². The van der Waals surface area contributed by atoms with Crippen molar-refractivity contribution in [2.75, 3.05) is 57.8 Å². The Morgan fingerprint density at radius 2 is 1.87 bits per heavy atom.